The van der Waals surface area contributed by atoms with E-state index in [4.69, 9.17) is 4.99 Å². The van der Waals surface area contributed by atoms with Gasteiger partial charge in [-0.25, -0.2) is 9.97 Å². The van der Waals surface area contributed by atoms with E-state index in [1.54, 1.807) is 12.4 Å². The van der Waals surface area contributed by atoms with E-state index >= 15 is 0 Å². The Morgan fingerprint density at radius 2 is 2.00 bits per heavy atom. The average molecular weight is 378 g/mol. The largest absolute Gasteiger partial charge is 0.357 e. The van der Waals surface area contributed by atoms with Gasteiger partial charge in [0.2, 0.25) is 5.95 Å². The zero-order valence-corrected chi connectivity index (χ0v) is 17.0. The average Bonchev–Trinajstić information content (AvgIpc) is 3.16. The van der Waals surface area contributed by atoms with Gasteiger partial charge in [-0.1, -0.05) is 0 Å². The summed E-state index contributed by atoms with van der Waals surface area (Å²) in [6.07, 6.45) is 4.83. The molecule has 3 heterocycles. The van der Waals surface area contributed by atoms with Gasteiger partial charge < -0.3 is 20.0 Å². The van der Waals surface area contributed by atoms with Crippen LogP contribution in [-0.2, 0) is 0 Å². The maximum absolute atomic E-state index is 5.04. The number of aliphatic imine (C=N–C) groups is 1. The van der Waals surface area contributed by atoms with Crippen LogP contribution < -0.4 is 10.2 Å². The fourth-order valence-electron chi connectivity index (χ4n) is 3.44. The number of nitrogens with zero attached hydrogens (tertiary/aromatic N) is 6. The minimum atomic E-state index is 0.199. The fourth-order valence-corrected chi connectivity index (χ4v) is 4.98. The molecule has 1 unspecified atom stereocenters. The Morgan fingerprint density at radius 1 is 1.27 bits per heavy atom. The molecule has 1 aromatic rings. The highest BCUT2D eigenvalue weighted by Gasteiger charge is 2.36. The number of aromatic nitrogens is 2. The zero-order valence-electron chi connectivity index (χ0n) is 16.2. The van der Waals surface area contributed by atoms with Crippen LogP contribution in [0.2, 0.25) is 0 Å². The molecule has 1 aromatic heterocycles. The first-order chi connectivity index (χ1) is 12.6. The first kappa shape index (κ1) is 19.2. The fraction of sp³-hybridized carbons (Fsp3) is 0.722. The molecule has 144 valence electrons. The van der Waals surface area contributed by atoms with Crippen LogP contribution in [0.5, 0.6) is 0 Å². The van der Waals surface area contributed by atoms with Gasteiger partial charge in [0.15, 0.2) is 5.96 Å². The predicted octanol–water partition coefficient (Wildman–Crippen LogP) is 1.00. The summed E-state index contributed by atoms with van der Waals surface area (Å²) < 4.78 is 0. The third-order valence-electron chi connectivity index (χ3n) is 5.30. The molecule has 0 radical (unpaired) electrons. The molecule has 0 aliphatic carbocycles. The molecule has 0 aromatic carbocycles. The van der Waals surface area contributed by atoms with Crippen molar-refractivity contribution in [3.05, 3.63) is 18.5 Å². The summed E-state index contributed by atoms with van der Waals surface area (Å²) >= 11 is 2.04. The molecule has 0 saturated carbocycles. The van der Waals surface area contributed by atoms with Crippen LogP contribution in [-0.4, -0.2) is 96.1 Å². The molecule has 26 heavy (non-hydrogen) atoms. The molecule has 3 rings (SSSR count). The molecular weight excluding hydrogens is 346 g/mol. The topological polar surface area (TPSA) is 59.9 Å². The molecule has 8 heteroatoms. The third kappa shape index (κ3) is 4.40. The van der Waals surface area contributed by atoms with Crippen molar-refractivity contribution in [2.45, 2.75) is 18.9 Å². The molecule has 2 fully saturated rings. The first-order valence-corrected chi connectivity index (χ1v) is 10.6. The number of piperazine rings is 1. The van der Waals surface area contributed by atoms with Crippen molar-refractivity contribution in [2.75, 3.05) is 69.8 Å². The number of guanidine groups is 1. The molecular formula is C18H31N7S. The normalized spacial score (nSPS) is 24.4. The first-order valence-electron chi connectivity index (χ1n) is 9.45. The molecule has 2 saturated heterocycles. The lowest BCUT2D eigenvalue weighted by Gasteiger charge is -2.38. The molecule has 0 spiro atoms. The summed E-state index contributed by atoms with van der Waals surface area (Å²) in [5.74, 6) is 4.27. The number of likely N-dealkylation sites (N-methyl/N-ethyl adjacent to an activating group) is 1. The third-order valence-corrected chi connectivity index (χ3v) is 6.54. The Kier molecular flexibility index (Phi) is 6.58. The van der Waals surface area contributed by atoms with Gasteiger partial charge >= 0.3 is 0 Å². The summed E-state index contributed by atoms with van der Waals surface area (Å²) in [4.78, 5) is 20.8. The zero-order chi connectivity index (χ0) is 18.4. The minimum Gasteiger partial charge on any atom is -0.357 e. The molecule has 1 atom stereocenters. The van der Waals surface area contributed by atoms with Gasteiger partial charge in [-0.3, -0.25) is 4.99 Å². The van der Waals surface area contributed by atoms with E-state index in [0.29, 0.717) is 0 Å². The number of rotatable bonds is 5. The second-order valence-electron chi connectivity index (χ2n) is 7.11. The van der Waals surface area contributed by atoms with Gasteiger partial charge in [-0.05, 0) is 39.3 Å². The molecule has 2 aliphatic heterocycles. The predicted molar refractivity (Wildman–Crippen MR) is 110 cm³/mol. The summed E-state index contributed by atoms with van der Waals surface area (Å²) in [6.45, 7) is 7.60. The quantitative estimate of drug-likeness (QED) is 0.607. The number of anilines is 1. The second-order valence-corrected chi connectivity index (χ2v) is 8.22. The van der Waals surface area contributed by atoms with Crippen LogP contribution >= 0.6 is 11.8 Å². The number of hydrogen-bond acceptors (Lipinski definition) is 6. The lowest BCUT2D eigenvalue weighted by Crippen LogP contribution is -2.54. The summed E-state index contributed by atoms with van der Waals surface area (Å²) in [6, 6.07) is 1.86. The van der Waals surface area contributed by atoms with Crippen LogP contribution in [0.4, 0.5) is 5.95 Å². The minimum absolute atomic E-state index is 0.199. The van der Waals surface area contributed by atoms with E-state index in [-0.39, 0.29) is 5.54 Å². The van der Waals surface area contributed by atoms with Crippen LogP contribution in [0.15, 0.2) is 23.5 Å². The summed E-state index contributed by atoms with van der Waals surface area (Å²) in [5.41, 5.74) is 0.199. The highest BCUT2D eigenvalue weighted by atomic mass is 32.2. The van der Waals surface area contributed by atoms with Gasteiger partial charge in [-0.15, -0.1) is 0 Å². The van der Waals surface area contributed by atoms with Crippen molar-refractivity contribution >= 4 is 23.7 Å². The van der Waals surface area contributed by atoms with E-state index in [1.807, 2.05) is 17.8 Å². The van der Waals surface area contributed by atoms with E-state index in [2.05, 4.69) is 51.0 Å². The van der Waals surface area contributed by atoms with Crippen molar-refractivity contribution in [2.24, 2.45) is 4.99 Å². The Labute approximate surface area is 161 Å². The van der Waals surface area contributed by atoms with Crippen LogP contribution in [0.25, 0.3) is 0 Å². The lowest BCUT2D eigenvalue weighted by molar-refractivity contribution is 0.189. The van der Waals surface area contributed by atoms with Gasteiger partial charge in [-0.2, -0.15) is 11.8 Å². The molecule has 1 N–H and O–H groups in total. The molecule has 7 nitrogen and oxygen atoms in total. The van der Waals surface area contributed by atoms with E-state index in [9.17, 15) is 0 Å². The van der Waals surface area contributed by atoms with Crippen LogP contribution in [0, 0.1) is 0 Å². The molecule has 0 bridgehead atoms. The van der Waals surface area contributed by atoms with E-state index in [0.717, 1.165) is 51.2 Å². The van der Waals surface area contributed by atoms with Gasteiger partial charge in [0.25, 0.3) is 0 Å². The lowest BCUT2D eigenvalue weighted by atomic mass is 9.98. The maximum Gasteiger partial charge on any atom is 0.225 e. The number of nitrogens with one attached hydrogen (secondary N) is 1. The van der Waals surface area contributed by atoms with Crippen molar-refractivity contribution in [1.82, 2.24) is 25.1 Å². The van der Waals surface area contributed by atoms with Crippen molar-refractivity contribution in [3.8, 4) is 0 Å². The van der Waals surface area contributed by atoms with Gasteiger partial charge in [0, 0.05) is 56.4 Å². The summed E-state index contributed by atoms with van der Waals surface area (Å²) in [7, 11) is 4.37. The second kappa shape index (κ2) is 8.90. The Hall–Kier alpha value is -1.54. The van der Waals surface area contributed by atoms with Crippen molar-refractivity contribution < 1.29 is 0 Å². The Bertz CT molecular complexity index is 578. The van der Waals surface area contributed by atoms with Gasteiger partial charge in [0.05, 0.1) is 6.54 Å². The standard InChI is InChI=1S/C18H31N7S/c1-4-19-16(22-14-18(23(2)3)6-13-26-15-18)24-9-11-25(12-10-24)17-20-7-5-8-21-17/h5,7-8H,4,6,9-15H2,1-3H3,(H,19,22). The highest BCUT2D eigenvalue weighted by molar-refractivity contribution is 7.99. The van der Waals surface area contributed by atoms with Crippen LogP contribution in [0.1, 0.15) is 13.3 Å². The maximum atomic E-state index is 5.04. The number of hydrogen-bond donors (Lipinski definition) is 1. The smallest absolute Gasteiger partial charge is 0.225 e. The van der Waals surface area contributed by atoms with E-state index in [1.165, 1.54) is 17.9 Å². The number of thioether (sulfide) groups is 1. The Morgan fingerprint density at radius 3 is 2.58 bits per heavy atom. The van der Waals surface area contributed by atoms with E-state index < -0.39 is 0 Å². The molecule has 2 aliphatic rings. The van der Waals surface area contributed by atoms with Gasteiger partial charge in [0.1, 0.15) is 0 Å². The SMILES string of the molecule is CCNC(=NCC1(N(C)C)CCSC1)N1CCN(c2ncccn2)CC1. The monoisotopic (exact) mass is 377 g/mol. The van der Waals surface area contributed by atoms with Crippen molar-refractivity contribution in [3.63, 3.8) is 0 Å². The molecule has 0 amide bonds. The Balaban J connectivity index is 1.63. The highest BCUT2D eigenvalue weighted by Crippen LogP contribution is 2.32. The summed E-state index contributed by atoms with van der Waals surface area (Å²) in [5, 5.41) is 3.49. The van der Waals surface area contributed by atoms with Crippen LogP contribution in [0.3, 0.4) is 0 Å². The van der Waals surface area contributed by atoms with Crippen molar-refractivity contribution in [1.29, 1.82) is 0 Å².